The molecule has 0 aliphatic heterocycles. The lowest BCUT2D eigenvalue weighted by Crippen LogP contribution is -2.06. The molecule has 1 N–H and O–H groups in total. The Morgan fingerprint density at radius 3 is 2.39 bits per heavy atom. The Kier molecular flexibility index (Phi) is 4.38. The Balaban J connectivity index is 1.96. The van der Waals surface area contributed by atoms with Gasteiger partial charge in [0.1, 0.15) is 23.9 Å². The van der Waals surface area contributed by atoms with Crippen molar-refractivity contribution in [2.75, 3.05) is 0 Å². The van der Waals surface area contributed by atoms with Crippen molar-refractivity contribution in [1.82, 2.24) is 0 Å². The topological polar surface area (TPSA) is 38.7 Å². The molecular weight excluding hydrogens is 288 g/mol. The summed E-state index contributed by atoms with van der Waals surface area (Å²) in [4.78, 5) is 0. The van der Waals surface area contributed by atoms with Crippen LogP contribution in [-0.2, 0) is 6.61 Å². The highest BCUT2D eigenvalue weighted by molar-refractivity contribution is 5.97. The van der Waals surface area contributed by atoms with Gasteiger partial charge in [-0.15, -0.1) is 0 Å². The summed E-state index contributed by atoms with van der Waals surface area (Å²) in [7, 11) is 0. The van der Waals surface area contributed by atoms with Gasteiger partial charge in [-0.05, 0) is 37.6 Å². The van der Waals surface area contributed by atoms with Crippen LogP contribution in [0.1, 0.15) is 19.4 Å². The third-order valence-corrected chi connectivity index (χ3v) is 3.54. The van der Waals surface area contributed by atoms with Crippen molar-refractivity contribution >= 4 is 10.8 Å². The molecule has 3 aromatic carbocycles. The molecule has 23 heavy (non-hydrogen) atoms. The van der Waals surface area contributed by atoms with E-state index in [-0.39, 0.29) is 11.9 Å². The second kappa shape index (κ2) is 6.61. The minimum atomic E-state index is 0.0360. The number of benzene rings is 3. The molecule has 3 heteroatoms. The molecule has 0 spiro atoms. The fourth-order valence-corrected chi connectivity index (χ4v) is 2.54. The number of ether oxygens (including phenoxy) is 2. The van der Waals surface area contributed by atoms with Gasteiger partial charge in [-0.25, -0.2) is 0 Å². The van der Waals surface area contributed by atoms with E-state index in [1.807, 2.05) is 62.4 Å². The van der Waals surface area contributed by atoms with Gasteiger partial charge in [0.2, 0.25) is 0 Å². The number of hydrogen-bond acceptors (Lipinski definition) is 3. The smallest absolute Gasteiger partial charge is 0.131 e. The predicted molar refractivity (Wildman–Crippen MR) is 92.2 cm³/mol. The van der Waals surface area contributed by atoms with Crippen molar-refractivity contribution in [2.45, 2.75) is 26.6 Å². The second-order valence-electron chi connectivity index (χ2n) is 5.70. The molecule has 0 aliphatic rings. The minimum Gasteiger partial charge on any atom is -0.507 e. The zero-order valence-corrected chi connectivity index (χ0v) is 13.3. The SMILES string of the molecule is CC(C)Oc1cccc2c(OCc3ccccc3)ccc(O)c12. The van der Waals surface area contributed by atoms with E-state index in [1.165, 1.54) is 0 Å². The minimum absolute atomic E-state index is 0.0360. The standard InChI is InChI=1S/C20H20O3/c1-14(2)23-19-10-6-9-16-18(12-11-17(21)20(16)19)22-13-15-7-4-3-5-8-15/h3-12,14,21H,13H2,1-2H3. The van der Waals surface area contributed by atoms with Crippen molar-refractivity contribution in [1.29, 1.82) is 0 Å². The molecule has 118 valence electrons. The number of phenolic OH excluding ortho intramolecular Hbond substituents is 1. The molecule has 0 heterocycles. The van der Waals surface area contributed by atoms with Crippen LogP contribution in [0.2, 0.25) is 0 Å². The third kappa shape index (κ3) is 3.39. The van der Waals surface area contributed by atoms with Crippen molar-refractivity contribution < 1.29 is 14.6 Å². The van der Waals surface area contributed by atoms with Gasteiger partial charge in [0, 0.05) is 5.39 Å². The second-order valence-corrected chi connectivity index (χ2v) is 5.70. The lowest BCUT2D eigenvalue weighted by atomic mass is 10.1. The van der Waals surface area contributed by atoms with Crippen LogP contribution in [0.5, 0.6) is 17.2 Å². The Labute approximate surface area is 136 Å². The maximum Gasteiger partial charge on any atom is 0.131 e. The first-order valence-electron chi connectivity index (χ1n) is 7.73. The largest absolute Gasteiger partial charge is 0.507 e. The molecule has 0 saturated carbocycles. The van der Waals surface area contributed by atoms with Crippen molar-refractivity contribution in [3.8, 4) is 17.2 Å². The molecular formula is C20H20O3. The average molecular weight is 308 g/mol. The number of rotatable bonds is 5. The third-order valence-electron chi connectivity index (χ3n) is 3.54. The maximum absolute atomic E-state index is 10.2. The zero-order chi connectivity index (χ0) is 16.2. The lowest BCUT2D eigenvalue weighted by Gasteiger charge is -2.15. The normalized spacial score (nSPS) is 10.9. The van der Waals surface area contributed by atoms with Gasteiger partial charge in [-0.1, -0.05) is 42.5 Å². The Morgan fingerprint density at radius 2 is 1.65 bits per heavy atom. The van der Waals surface area contributed by atoms with Crippen LogP contribution >= 0.6 is 0 Å². The van der Waals surface area contributed by atoms with Crippen LogP contribution in [0.15, 0.2) is 60.7 Å². The first-order chi connectivity index (χ1) is 11.1. The fraction of sp³-hybridized carbons (Fsp3) is 0.200. The van der Waals surface area contributed by atoms with Crippen LogP contribution in [0.25, 0.3) is 10.8 Å². The van der Waals surface area contributed by atoms with Gasteiger partial charge in [0.25, 0.3) is 0 Å². The maximum atomic E-state index is 10.2. The van der Waals surface area contributed by atoms with Gasteiger partial charge in [-0.3, -0.25) is 0 Å². The quantitative estimate of drug-likeness (QED) is 0.727. The van der Waals surface area contributed by atoms with E-state index < -0.39 is 0 Å². The average Bonchev–Trinajstić information content (AvgIpc) is 2.55. The summed E-state index contributed by atoms with van der Waals surface area (Å²) >= 11 is 0. The van der Waals surface area contributed by atoms with E-state index in [2.05, 4.69) is 0 Å². The zero-order valence-electron chi connectivity index (χ0n) is 13.3. The molecule has 0 amide bonds. The monoisotopic (exact) mass is 308 g/mol. The van der Waals surface area contributed by atoms with Gasteiger partial charge < -0.3 is 14.6 Å². The summed E-state index contributed by atoms with van der Waals surface area (Å²) in [5.41, 5.74) is 1.10. The Hall–Kier alpha value is -2.68. The molecule has 0 saturated heterocycles. The number of phenols is 1. The molecule has 0 fully saturated rings. The summed E-state index contributed by atoms with van der Waals surface area (Å²) in [6.45, 7) is 4.41. The molecule has 3 nitrogen and oxygen atoms in total. The van der Waals surface area contributed by atoms with E-state index in [0.29, 0.717) is 17.7 Å². The molecule has 0 unspecified atom stereocenters. The molecule has 0 atom stereocenters. The molecule has 0 aliphatic carbocycles. The molecule has 3 rings (SSSR count). The van der Waals surface area contributed by atoms with Crippen LogP contribution in [0, 0.1) is 0 Å². The van der Waals surface area contributed by atoms with E-state index in [0.717, 1.165) is 16.7 Å². The fourth-order valence-electron chi connectivity index (χ4n) is 2.54. The van der Waals surface area contributed by atoms with Gasteiger partial charge in [0.15, 0.2) is 0 Å². The van der Waals surface area contributed by atoms with Crippen LogP contribution in [0.3, 0.4) is 0 Å². The van der Waals surface area contributed by atoms with Crippen molar-refractivity contribution in [3.05, 3.63) is 66.2 Å². The van der Waals surface area contributed by atoms with E-state index in [1.54, 1.807) is 12.1 Å². The van der Waals surface area contributed by atoms with Crippen molar-refractivity contribution in [2.24, 2.45) is 0 Å². The first kappa shape index (κ1) is 15.2. The summed E-state index contributed by atoms with van der Waals surface area (Å²) in [6, 6.07) is 19.2. The molecule has 0 radical (unpaired) electrons. The summed E-state index contributed by atoms with van der Waals surface area (Å²) in [5, 5.41) is 11.8. The molecule has 0 bridgehead atoms. The van der Waals surface area contributed by atoms with E-state index in [4.69, 9.17) is 9.47 Å². The van der Waals surface area contributed by atoms with Gasteiger partial charge in [-0.2, -0.15) is 0 Å². The van der Waals surface area contributed by atoms with E-state index in [9.17, 15) is 5.11 Å². The summed E-state index contributed by atoms with van der Waals surface area (Å²) in [5.74, 6) is 1.60. The number of aromatic hydroxyl groups is 1. The highest BCUT2D eigenvalue weighted by Crippen LogP contribution is 2.39. The first-order valence-corrected chi connectivity index (χ1v) is 7.73. The van der Waals surface area contributed by atoms with Crippen LogP contribution in [0.4, 0.5) is 0 Å². The summed E-state index contributed by atoms with van der Waals surface area (Å²) < 4.78 is 11.8. The summed E-state index contributed by atoms with van der Waals surface area (Å²) in [6.07, 6.45) is 0.0360. The van der Waals surface area contributed by atoms with Crippen LogP contribution < -0.4 is 9.47 Å². The van der Waals surface area contributed by atoms with Crippen LogP contribution in [-0.4, -0.2) is 11.2 Å². The highest BCUT2D eigenvalue weighted by Gasteiger charge is 2.12. The number of hydrogen-bond donors (Lipinski definition) is 1. The van der Waals surface area contributed by atoms with Crippen molar-refractivity contribution in [3.63, 3.8) is 0 Å². The molecule has 3 aromatic rings. The van der Waals surface area contributed by atoms with Gasteiger partial charge in [0.05, 0.1) is 11.5 Å². The Morgan fingerprint density at radius 1 is 0.870 bits per heavy atom. The Bertz CT molecular complexity index is 795. The lowest BCUT2D eigenvalue weighted by molar-refractivity contribution is 0.245. The van der Waals surface area contributed by atoms with E-state index >= 15 is 0 Å². The predicted octanol–water partition coefficient (Wildman–Crippen LogP) is 4.91. The molecule has 0 aromatic heterocycles. The van der Waals surface area contributed by atoms with Gasteiger partial charge >= 0.3 is 0 Å². The number of fused-ring (bicyclic) bond motifs is 1. The highest BCUT2D eigenvalue weighted by atomic mass is 16.5.